The third kappa shape index (κ3) is 3.50. The Morgan fingerprint density at radius 3 is 2.94 bits per heavy atom. The number of hydrogen-bond acceptors (Lipinski definition) is 4. The Labute approximate surface area is 108 Å². The molecule has 3 nitrogen and oxygen atoms in total. The quantitative estimate of drug-likeness (QED) is 0.877. The fourth-order valence-corrected chi connectivity index (χ4v) is 3.31. The Kier molecular flexibility index (Phi) is 4.54. The zero-order valence-corrected chi connectivity index (χ0v) is 11.8. The fourth-order valence-electron chi connectivity index (χ4n) is 2.36. The highest BCUT2D eigenvalue weighted by atomic mass is 32.1. The van der Waals surface area contributed by atoms with Crippen molar-refractivity contribution < 1.29 is 4.74 Å². The number of aryl methyl sites for hydroxylation is 2. The maximum Gasteiger partial charge on any atom is 0.0900 e. The average Bonchev–Trinajstić information content (AvgIpc) is 2.88. The number of thiazole rings is 1. The molecule has 1 N–H and O–H groups in total. The summed E-state index contributed by atoms with van der Waals surface area (Å²) in [5.74, 6) is 0.763. The molecule has 96 valence electrons. The van der Waals surface area contributed by atoms with Crippen LogP contribution in [0.3, 0.4) is 0 Å². The lowest BCUT2D eigenvalue weighted by Crippen LogP contribution is -2.22. The smallest absolute Gasteiger partial charge is 0.0900 e. The van der Waals surface area contributed by atoms with Gasteiger partial charge in [-0.2, -0.15) is 0 Å². The monoisotopic (exact) mass is 254 g/mol. The Morgan fingerprint density at radius 2 is 2.35 bits per heavy atom. The summed E-state index contributed by atoms with van der Waals surface area (Å²) in [5, 5.41) is 4.76. The van der Waals surface area contributed by atoms with Crippen molar-refractivity contribution in [1.82, 2.24) is 10.3 Å². The molecule has 0 spiro atoms. The SMILES string of the molecule is Cc1nc(C)c(C(C)NCCC2CCOC2)s1. The minimum atomic E-state index is 0.420. The van der Waals surface area contributed by atoms with Crippen LogP contribution in [0.15, 0.2) is 0 Å². The van der Waals surface area contributed by atoms with Crippen molar-refractivity contribution >= 4 is 11.3 Å². The molecule has 1 aromatic rings. The second kappa shape index (κ2) is 5.94. The Hall–Kier alpha value is -0.450. The van der Waals surface area contributed by atoms with Crippen molar-refractivity contribution in [3.63, 3.8) is 0 Å². The molecule has 1 aromatic heterocycles. The maximum absolute atomic E-state index is 5.39. The van der Waals surface area contributed by atoms with Crippen molar-refractivity contribution in [2.45, 2.75) is 39.7 Å². The molecule has 0 radical (unpaired) electrons. The molecule has 1 aliphatic rings. The molecule has 1 fully saturated rings. The Balaban J connectivity index is 1.76. The second-order valence-corrected chi connectivity index (χ2v) is 6.11. The molecule has 2 heterocycles. The van der Waals surface area contributed by atoms with Crippen LogP contribution in [0, 0.1) is 19.8 Å². The van der Waals surface area contributed by atoms with E-state index in [0.29, 0.717) is 6.04 Å². The number of aromatic nitrogens is 1. The topological polar surface area (TPSA) is 34.2 Å². The second-order valence-electron chi connectivity index (χ2n) is 4.88. The lowest BCUT2D eigenvalue weighted by atomic mass is 10.1. The van der Waals surface area contributed by atoms with E-state index in [9.17, 15) is 0 Å². The molecule has 0 bridgehead atoms. The van der Waals surface area contributed by atoms with Gasteiger partial charge in [0.25, 0.3) is 0 Å². The first-order valence-corrected chi connectivity index (χ1v) is 7.23. The number of nitrogens with one attached hydrogen (secondary N) is 1. The molecule has 2 atom stereocenters. The number of ether oxygens (including phenoxy) is 1. The molecule has 1 aliphatic heterocycles. The standard InChI is InChI=1S/C13H22N2OS/c1-9(13-10(2)15-11(3)17-13)14-6-4-12-5-7-16-8-12/h9,12,14H,4-8H2,1-3H3. The van der Waals surface area contributed by atoms with Crippen LogP contribution in [0.4, 0.5) is 0 Å². The van der Waals surface area contributed by atoms with E-state index in [4.69, 9.17) is 4.74 Å². The van der Waals surface area contributed by atoms with Gasteiger partial charge in [-0.3, -0.25) is 0 Å². The maximum atomic E-state index is 5.39. The molecular formula is C13H22N2OS. The summed E-state index contributed by atoms with van der Waals surface area (Å²) in [6.45, 7) is 9.38. The van der Waals surface area contributed by atoms with Gasteiger partial charge in [-0.05, 0) is 46.1 Å². The van der Waals surface area contributed by atoms with E-state index >= 15 is 0 Å². The van der Waals surface area contributed by atoms with Gasteiger partial charge in [-0.1, -0.05) is 0 Å². The highest BCUT2D eigenvalue weighted by molar-refractivity contribution is 7.11. The van der Waals surface area contributed by atoms with Crippen LogP contribution in [0.2, 0.25) is 0 Å². The summed E-state index contributed by atoms with van der Waals surface area (Å²) in [4.78, 5) is 5.86. The van der Waals surface area contributed by atoms with Gasteiger partial charge in [0.15, 0.2) is 0 Å². The number of hydrogen-bond donors (Lipinski definition) is 1. The van der Waals surface area contributed by atoms with Gasteiger partial charge in [0.05, 0.1) is 10.7 Å². The van der Waals surface area contributed by atoms with Gasteiger partial charge in [0.2, 0.25) is 0 Å². The molecule has 17 heavy (non-hydrogen) atoms. The van der Waals surface area contributed by atoms with E-state index in [-0.39, 0.29) is 0 Å². The molecule has 0 aliphatic carbocycles. The van der Waals surface area contributed by atoms with Gasteiger partial charge in [-0.25, -0.2) is 4.98 Å². The van der Waals surface area contributed by atoms with E-state index in [0.717, 1.165) is 30.7 Å². The van der Waals surface area contributed by atoms with E-state index in [1.165, 1.54) is 23.4 Å². The van der Waals surface area contributed by atoms with Crippen LogP contribution in [0.25, 0.3) is 0 Å². The molecule has 4 heteroatoms. The largest absolute Gasteiger partial charge is 0.381 e. The van der Waals surface area contributed by atoms with E-state index in [1.807, 2.05) is 0 Å². The highest BCUT2D eigenvalue weighted by Crippen LogP contribution is 2.24. The van der Waals surface area contributed by atoms with Crippen LogP contribution < -0.4 is 5.32 Å². The summed E-state index contributed by atoms with van der Waals surface area (Å²) in [6, 6.07) is 0.420. The predicted molar refractivity (Wildman–Crippen MR) is 71.5 cm³/mol. The van der Waals surface area contributed by atoms with Crippen molar-refractivity contribution in [3.05, 3.63) is 15.6 Å². The van der Waals surface area contributed by atoms with Gasteiger partial charge in [0.1, 0.15) is 0 Å². The Morgan fingerprint density at radius 1 is 1.53 bits per heavy atom. The first-order chi connectivity index (χ1) is 8.16. The normalized spacial score (nSPS) is 21.9. The number of rotatable bonds is 5. The van der Waals surface area contributed by atoms with Crippen molar-refractivity contribution in [2.24, 2.45) is 5.92 Å². The third-order valence-electron chi connectivity index (χ3n) is 3.36. The van der Waals surface area contributed by atoms with Gasteiger partial charge in [0, 0.05) is 24.1 Å². The van der Waals surface area contributed by atoms with Gasteiger partial charge in [-0.15, -0.1) is 11.3 Å². The summed E-state index contributed by atoms with van der Waals surface area (Å²) < 4.78 is 5.39. The first-order valence-electron chi connectivity index (χ1n) is 6.42. The van der Waals surface area contributed by atoms with Crippen LogP contribution >= 0.6 is 11.3 Å². The zero-order chi connectivity index (χ0) is 12.3. The fraction of sp³-hybridized carbons (Fsp3) is 0.769. The van der Waals surface area contributed by atoms with Crippen LogP contribution in [-0.4, -0.2) is 24.7 Å². The van der Waals surface area contributed by atoms with Crippen molar-refractivity contribution in [3.8, 4) is 0 Å². The summed E-state index contributed by atoms with van der Waals surface area (Å²) in [7, 11) is 0. The molecule has 0 saturated carbocycles. The predicted octanol–water partition coefficient (Wildman–Crippen LogP) is 2.84. The number of nitrogens with zero attached hydrogens (tertiary/aromatic N) is 1. The van der Waals surface area contributed by atoms with Gasteiger partial charge >= 0.3 is 0 Å². The van der Waals surface area contributed by atoms with E-state index < -0.39 is 0 Å². The van der Waals surface area contributed by atoms with Crippen molar-refractivity contribution in [1.29, 1.82) is 0 Å². The minimum Gasteiger partial charge on any atom is -0.381 e. The third-order valence-corrected chi connectivity index (χ3v) is 4.62. The molecular weight excluding hydrogens is 232 g/mol. The molecule has 2 unspecified atom stereocenters. The van der Waals surface area contributed by atoms with E-state index in [1.54, 1.807) is 11.3 Å². The molecule has 2 rings (SSSR count). The Bertz CT molecular complexity index is 358. The molecule has 0 amide bonds. The average molecular weight is 254 g/mol. The van der Waals surface area contributed by atoms with Gasteiger partial charge < -0.3 is 10.1 Å². The highest BCUT2D eigenvalue weighted by Gasteiger charge is 2.16. The summed E-state index contributed by atoms with van der Waals surface area (Å²) >= 11 is 1.81. The molecule has 1 saturated heterocycles. The summed E-state index contributed by atoms with van der Waals surface area (Å²) in [6.07, 6.45) is 2.45. The summed E-state index contributed by atoms with van der Waals surface area (Å²) in [5.41, 5.74) is 1.18. The zero-order valence-electron chi connectivity index (χ0n) is 11.0. The van der Waals surface area contributed by atoms with Crippen LogP contribution in [-0.2, 0) is 4.74 Å². The molecule has 0 aromatic carbocycles. The van der Waals surface area contributed by atoms with E-state index in [2.05, 4.69) is 31.1 Å². The minimum absolute atomic E-state index is 0.420. The van der Waals surface area contributed by atoms with Crippen LogP contribution in [0.5, 0.6) is 0 Å². The van der Waals surface area contributed by atoms with Crippen molar-refractivity contribution in [2.75, 3.05) is 19.8 Å². The lowest BCUT2D eigenvalue weighted by Gasteiger charge is -2.14. The van der Waals surface area contributed by atoms with Crippen LogP contribution in [0.1, 0.15) is 41.4 Å². The lowest BCUT2D eigenvalue weighted by molar-refractivity contribution is 0.184. The first kappa shape index (κ1) is 13.0.